The standard InChI is InChI=1S/C22H27N3O5S2/c1-3-18-22(27)24-17-10-14(2)20(11-19(17)30-18)32(28,29)25-8-4-6-15(13-25)21(26)23-12-16-7-5-9-31-16/h5,7,9-11,15,18H,3-4,6,8,12-13H2,1-2H3,(H,23,26)(H,24,27)/t15-,18+/m0/s1. The highest BCUT2D eigenvalue weighted by molar-refractivity contribution is 7.89. The topological polar surface area (TPSA) is 105 Å². The molecule has 172 valence electrons. The van der Waals surface area contributed by atoms with E-state index in [-0.39, 0.29) is 23.3 Å². The number of nitrogens with zero attached hydrogens (tertiary/aromatic N) is 1. The molecule has 4 rings (SSSR count). The molecule has 2 amide bonds. The van der Waals surface area contributed by atoms with Gasteiger partial charge in [-0.2, -0.15) is 4.31 Å². The molecule has 0 saturated carbocycles. The first-order valence-corrected chi connectivity index (χ1v) is 13.0. The number of fused-ring (bicyclic) bond motifs is 1. The Morgan fingerprint density at radius 1 is 1.38 bits per heavy atom. The van der Waals surface area contributed by atoms with Gasteiger partial charge in [-0.1, -0.05) is 13.0 Å². The molecule has 3 heterocycles. The van der Waals surface area contributed by atoms with Gasteiger partial charge in [-0.25, -0.2) is 8.42 Å². The van der Waals surface area contributed by atoms with Crippen molar-refractivity contribution in [3.63, 3.8) is 0 Å². The zero-order valence-electron chi connectivity index (χ0n) is 18.1. The number of carbonyl (C=O) groups is 2. The number of benzene rings is 1. The van der Waals surface area contributed by atoms with Crippen molar-refractivity contribution in [1.82, 2.24) is 9.62 Å². The van der Waals surface area contributed by atoms with Crippen molar-refractivity contribution in [2.24, 2.45) is 5.92 Å². The predicted octanol–water partition coefficient (Wildman–Crippen LogP) is 2.88. The van der Waals surface area contributed by atoms with Gasteiger partial charge in [0.15, 0.2) is 6.10 Å². The summed E-state index contributed by atoms with van der Waals surface area (Å²) in [5, 5.41) is 7.66. The fourth-order valence-electron chi connectivity index (χ4n) is 4.08. The highest BCUT2D eigenvalue weighted by Crippen LogP contribution is 2.36. The third kappa shape index (κ3) is 4.53. The Labute approximate surface area is 192 Å². The molecule has 1 saturated heterocycles. The Balaban J connectivity index is 1.51. The van der Waals surface area contributed by atoms with Crippen LogP contribution in [0.4, 0.5) is 5.69 Å². The van der Waals surface area contributed by atoms with Gasteiger partial charge in [0, 0.05) is 24.0 Å². The summed E-state index contributed by atoms with van der Waals surface area (Å²) in [7, 11) is -3.83. The van der Waals surface area contributed by atoms with Crippen LogP contribution in [-0.4, -0.2) is 43.7 Å². The molecule has 1 aromatic carbocycles. The number of amides is 2. The van der Waals surface area contributed by atoms with E-state index in [1.165, 1.54) is 10.4 Å². The number of thiophene rings is 1. The monoisotopic (exact) mass is 477 g/mol. The lowest BCUT2D eigenvalue weighted by molar-refractivity contribution is -0.126. The number of hydrogen-bond acceptors (Lipinski definition) is 6. The summed E-state index contributed by atoms with van der Waals surface area (Å²) in [6.45, 7) is 4.48. The van der Waals surface area contributed by atoms with Gasteiger partial charge < -0.3 is 15.4 Å². The Morgan fingerprint density at radius 3 is 2.91 bits per heavy atom. The molecule has 0 unspecified atom stereocenters. The van der Waals surface area contributed by atoms with E-state index in [4.69, 9.17) is 4.74 Å². The first kappa shape index (κ1) is 22.8. The highest BCUT2D eigenvalue weighted by Gasteiger charge is 2.35. The van der Waals surface area contributed by atoms with E-state index in [1.54, 1.807) is 24.3 Å². The van der Waals surface area contributed by atoms with Crippen LogP contribution in [0.15, 0.2) is 34.5 Å². The van der Waals surface area contributed by atoms with Crippen molar-refractivity contribution in [1.29, 1.82) is 0 Å². The second-order valence-electron chi connectivity index (χ2n) is 8.12. The summed E-state index contributed by atoms with van der Waals surface area (Å²) in [4.78, 5) is 25.9. The summed E-state index contributed by atoms with van der Waals surface area (Å²) >= 11 is 1.57. The number of aryl methyl sites for hydroxylation is 1. The molecule has 0 spiro atoms. The third-order valence-corrected chi connectivity index (χ3v) is 8.74. The van der Waals surface area contributed by atoms with Crippen LogP contribution < -0.4 is 15.4 Å². The average molecular weight is 478 g/mol. The van der Waals surface area contributed by atoms with Crippen LogP contribution in [0.3, 0.4) is 0 Å². The van der Waals surface area contributed by atoms with Crippen molar-refractivity contribution >= 4 is 38.9 Å². The Hall–Kier alpha value is -2.43. The molecule has 2 aliphatic heterocycles. The van der Waals surface area contributed by atoms with Gasteiger partial charge >= 0.3 is 0 Å². The van der Waals surface area contributed by atoms with Crippen LogP contribution in [0.25, 0.3) is 0 Å². The number of anilines is 1. The molecule has 32 heavy (non-hydrogen) atoms. The summed E-state index contributed by atoms with van der Waals surface area (Å²) in [5.41, 5.74) is 0.993. The van der Waals surface area contributed by atoms with Crippen molar-refractivity contribution in [3.8, 4) is 5.75 Å². The maximum absolute atomic E-state index is 13.5. The van der Waals surface area contributed by atoms with Gasteiger partial charge in [0.1, 0.15) is 5.75 Å². The fourth-order valence-corrected chi connectivity index (χ4v) is 6.47. The lowest BCUT2D eigenvalue weighted by Gasteiger charge is -2.32. The number of rotatable bonds is 6. The maximum Gasteiger partial charge on any atom is 0.265 e. The number of nitrogens with one attached hydrogen (secondary N) is 2. The second kappa shape index (κ2) is 9.21. The molecule has 1 aromatic heterocycles. The molecular weight excluding hydrogens is 450 g/mol. The zero-order chi connectivity index (χ0) is 22.9. The van der Waals surface area contributed by atoms with E-state index in [0.717, 1.165) is 4.88 Å². The number of carbonyl (C=O) groups excluding carboxylic acids is 2. The summed E-state index contributed by atoms with van der Waals surface area (Å²) in [6, 6.07) is 7.00. The number of hydrogen-bond donors (Lipinski definition) is 2. The van der Waals surface area contributed by atoms with Gasteiger partial charge in [0.2, 0.25) is 15.9 Å². The number of piperidine rings is 1. The lowest BCUT2D eigenvalue weighted by Crippen LogP contribution is -2.45. The number of sulfonamides is 1. The lowest BCUT2D eigenvalue weighted by atomic mass is 9.99. The zero-order valence-corrected chi connectivity index (χ0v) is 19.7. The minimum Gasteiger partial charge on any atom is -0.478 e. The van der Waals surface area contributed by atoms with E-state index in [1.807, 2.05) is 24.4 Å². The number of ether oxygens (including phenoxy) is 1. The summed E-state index contributed by atoms with van der Waals surface area (Å²) in [5.74, 6) is -0.404. The molecule has 1 fully saturated rings. The summed E-state index contributed by atoms with van der Waals surface area (Å²) < 4.78 is 34.1. The first-order valence-electron chi connectivity index (χ1n) is 10.7. The van der Waals surface area contributed by atoms with Crippen LogP contribution in [0.5, 0.6) is 5.75 Å². The van der Waals surface area contributed by atoms with Gasteiger partial charge in [0.05, 0.1) is 23.0 Å². The van der Waals surface area contributed by atoms with E-state index >= 15 is 0 Å². The van der Waals surface area contributed by atoms with E-state index in [2.05, 4.69) is 10.6 Å². The molecule has 2 aliphatic rings. The Bertz CT molecular complexity index is 1110. The van der Waals surface area contributed by atoms with Crippen molar-refractivity contribution in [2.75, 3.05) is 18.4 Å². The van der Waals surface area contributed by atoms with Gasteiger partial charge in [-0.15, -0.1) is 11.3 Å². The second-order valence-corrected chi connectivity index (χ2v) is 11.1. The predicted molar refractivity (Wildman–Crippen MR) is 122 cm³/mol. The molecule has 2 N–H and O–H groups in total. The molecule has 10 heteroatoms. The maximum atomic E-state index is 13.5. The Kier molecular flexibility index (Phi) is 6.55. The van der Waals surface area contributed by atoms with Crippen LogP contribution in [-0.2, 0) is 26.2 Å². The van der Waals surface area contributed by atoms with Crippen LogP contribution >= 0.6 is 11.3 Å². The van der Waals surface area contributed by atoms with Crippen LogP contribution in [0, 0.1) is 12.8 Å². The minimum atomic E-state index is -3.83. The smallest absolute Gasteiger partial charge is 0.265 e. The van der Waals surface area contributed by atoms with Gasteiger partial charge in [-0.3, -0.25) is 9.59 Å². The summed E-state index contributed by atoms with van der Waals surface area (Å²) in [6.07, 6.45) is 1.10. The quantitative estimate of drug-likeness (QED) is 0.666. The molecule has 0 bridgehead atoms. The molecule has 0 aliphatic carbocycles. The molecule has 0 radical (unpaired) electrons. The highest BCUT2D eigenvalue weighted by atomic mass is 32.2. The molecule has 2 atom stereocenters. The van der Waals surface area contributed by atoms with Crippen molar-refractivity contribution in [3.05, 3.63) is 40.1 Å². The largest absolute Gasteiger partial charge is 0.478 e. The normalized spacial score (nSPS) is 21.4. The molecule has 2 aromatic rings. The van der Waals surface area contributed by atoms with Crippen LogP contribution in [0.1, 0.15) is 36.6 Å². The Morgan fingerprint density at radius 2 is 2.19 bits per heavy atom. The average Bonchev–Trinajstić information content (AvgIpc) is 3.30. The van der Waals surface area contributed by atoms with Gasteiger partial charge in [0.25, 0.3) is 5.91 Å². The van der Waals surface area contributed by atoms with Crippen molar-refractivity contribution < 1.29 is 22.7 Å². The molecule has 8 nitrogen and oxygen atoms in total. The molecular formula is C22H27N3O5S2. The van der Waals surface area contributed by atoms with Crippen molar-refractivity contribution in [2.45, 2.75) is 50.7 Å². The SMILES string of the molecule is CC[C@H]1Oc2cc(S(=O)(=O)N3CCC[C@H](C(=O)NCc4cccs4)C3)c(C)cc2NC1=O. The third-order valence-electron chi connectivity index (χ3n) is 5.86. The van der Waals surface area contributed by atoms with E-state index in [0.29, 0.717) is 49.4 Å². The minimum absolute atomic E-state index is 0.128. The first-order chi connectivity index (χ1) is 15.3. The van der Waals surface area contributed by atoms with E-state index < -0.39 is 22.0 Å². The van der Waals surface area contributed by atoms with Crippen LogP contribution in [0.2, 0.25) is 0 Å². The fraction of sp³-hybridized carbons (Fsp3) is 0.455. The van der Waals surface area contributed by atoms with Gasteiger partial charge in [-0.05, 0) is 49.3 Å². The van der Waals surface area contributed by atoms with E-state index in [9.17, 15) is 18.0 Å².